The van der Waals surface area contributed by atoms with Crippen molar-refractivity contribution in [1.82, 2.24) is 5.32 Å². The molecule has 2 aliphatic rings. The van der Waals surface area contributed by atoms with Crippen molar-refractivity contribution in [2.24, 2.45) is 5.92 Å². The largest absolute Gasteiger partial charge is 0.389 e. The van der Waals surface area contributed by atoms with Crippen molar-refractivity contribution in [3.63, 3.8) is 0 Å². The molecule has 118 valence electrons. The van der Waals surface area contributed by atoms with Crippen LogP contribution in [-0.2, 0) is 9.47 Å². The van der Waals surface area contributed by atoms with Crippen LogP contribution in [0.2, 0.25) is 0 Å². The van der Waals surface area contributed by atoms with E-state index in [1.807, 2.05) is 0 Å². The summed E-state index contributed by atoms with van der Waals surface area (Å²) >= 11 is 0. The Morgan fingerprint density at radius 3 is 2.60 bits per heavy atom. The summed E-state index contributed by atoms with van der Waals surface area (Å²) < 4.78 is 11.4. The third kappa shape index (κ3) is 4.69. The maximum absolute atomic E-state index is 10.1. The van der Waals surface area contributed by atoms with Gasteiger partial charge in [0.2, 0.25) is 0 Å². The van der Waals surface area contributed by atoms with Gasteiger partial charge < -0.3 is 19.9 Å². The van der Waals surface area contributed by atoms with Gasteiger partial charge in [-0.05, 0) is 38.0 Å². The van der Waals surface area contributed by atoms with Crippen molar-refractivity contribution in [1.29, 1.82) is 0 Å². The average Bonchev–Trinajstić information content (AvgIpc) is 2.91. The molecule has 0 saturated heterocycles. The van der Waals surface area contributed by atoms with Crippen molar-refractivity contribution in [2.45, 2.75) is 76.2 Å². The Balaban J connectivity index is 1.61. The minimum atomic E-state index is -0.415. The van der Waals surface area contributed by atoms with Gasteiger partial charge in [0.15, 0.2) is 0 Å². The molecule has 2 saturated carbocycles. The second-order valence-electron chi connectivity index (χ2n) is 6.51. The van der Waals surface area contributed by atoms with Gasteiger partial charge in [0, 0.05) is 19.7 Å². The topological polar surface area (TPSA) is 50.7 Å². The van der Waals surface area contributed by atoms with Crippen molar-refractivity contribution >= 4 is 0 Å². The van der Waals surface area contributed by atoms with Gasteiger partial charge in [-0.25, -0.2) is 0 Å². The van der Waals surface area contributed by atoms with Crippen molar-refractivity contribution in [2.75, 3.05) is 20.3 Å². The van der Waals surface area contributed by atoms with Gasteiger partial charge in [-0.2, -0.15) is 0 Å². The highest BCUT2D eigenvalue weighted by molar-refractivity contribution is 4.84. The summed E-state index contributed by atoms with van der Waals surface area (Å²) in [5, 5.41) is 13.5. The molecular formula is C16H31NO3. The summed E-state index contributed by atoms with van der Waals surface area (Å²) in [6.07, 6.45) is 8.72. The molecule has 0 aliphatic heterocycles. The monoisotopic (exact) mass is 285 g/mol. The Morgan fingerprint density at radius 1 is 1.10 bits per heavy atom. The average molecular weight is 285 g/mol. The molecule has 0 heterocycles. The molecule has 0 amide bonds. The summed E-state index contributed by atoms with van der Waals surface area (Å²) in [7, 11) is 1.77. The lowest BCUT2D eigenvalue weighted by Crippen LogP contribution is -2.42. The smallest absolute Gasteiger partial charge is 0.0897 e. The Hall–Kier alpha value is -0.160. The van der Waals surface area contributed by atoms with Gasteiger partial charge in [0.05, 0.1) is 24.9 Å². The third-order valence-electron chi connectivity index (χ3n) is 4.91. The molecule has 4 heteroatoms. The minimum Gasteiger partial charge on any atom is -0.389 e. The summed E-state index contributed by atoms with van der Waals surface area (Å²) in [5.74, 6) is 0.636. The zero-order chi connectivity index (χ0) is 14.4. The fourth-order valence-electron chi connectivity index (χ4n) is 3.55. The molecule has 0 spiro atoms. The lowest BCUT2D eigenvalue weighted by atomic mass is 9.88. The van der Waals surface area contributed by atoms with Crippen LogP contribution in [0.25, 0.3) is 0 Å². The van der Waals surface area contributed by atoms with E-state index in [2.05, 4.69) is 12.2 Å². The van der Waals surface area contributed by atoms with Crippen molar-refractivity contribution in [3.8, 4) is 0 Å². The number of nitrogens with one attached hydrogen (secondary N) is 1. The third-order valence-corrected chi connectivity index (χ3v) is 4.91. The fourth-order valence-corrected chi connectivity index (χ4v) is 3.55. The van der Waals surface area contributed by atoms with Crippen LogP contribution in [0.1, 0.15) is 51.9 Å². The van der Waals surface area contributed by atoms with Gasteiger partial charge in [-0.3, -0.25) is 0 Å². The molecule has 0 aromatic rings. The first kappa shape index (κ1) is 16.2. The molecule has 5 unspecified atom stereocenters. The predicted molar refractivity (Wildman–Crippen MR) is 79.8 cm³/mol. The first-order valence-electron chi connectivity index (χ1n) is 8.26. The van der Waals surface area contributed by atoms with Gasteiger partial charge >= 0.3 is 0 Å². The molecule has 0 radical (unpaired) electrons. The number of aliphatic hydroxyl groups is 1. The highest BCUT2D eigenvalue weighted by atomic mass is 16.5. The molecule has 0 aromatic carbocycles. The molecule has 2 aliphatic carbocycles. The maximum Gasteiger partial charge on any atom is 0.0897 e. The number of methoxy groups -OCH3 is 1. The molecule has 0 bridgehead atoms. The van der Waals surface area contributed by atoms with Crippen LogP contribution in [0, 0.1) is 5.92 Å². The van der Waals surface area contributed by atoms with E-state index in [9.17, 15) is 5.11 Å². The fraction of sp³-hybridized carbons (Fsp3) is 1.00. The number of hydrogen-bond acceptors (Lipinski definition) is 4. The SMILES string of the molecule is COC1CCCC1NCC(O)COC1CCCCC1C. The van der Waals surface area contributed by atoms with Crippen LogP contribution < -0.4 is 5.32 Å². The van der Waals surface area contributed by atoms with Gasteiger partial charge in [0.1, 0.15) is 0 Å². The van der Waals surface area contributed by atoms with Crippen LogP contribution in [-0.4, -0.2) is 49.7 Å². The van der Waals surface area contributed by atoms with E-state index < -0.39 is 6.10 Å². The van der Waals surface area contributed by atoms with E-state index in [4.69, 9.17) is 9.47 Å². The quantitative estimate of drug-likeness (QED) is 0.752. The lowest BCUT2D eigenvalue weighted by Gasteiger charge is -2.30. The predicted octanol–water partition coefficient (Wildman–Crippen LogP) is 2.10. The van der Waals surface area contributed by atoms with E-state index in [-0.39, 0.29) is 0 Å². The van der Waals surface area contributed by atoms with Crippen LogP contribution >= 0.6 is 0 Å². The number of ether oxygens (including phenoxy) is 2. The zero-order valence-corrected chi connectivity index (χ0v) is 13.0. The van der Waals surface area contributed by atoms with Crippen LogP contribution in [0.3, 0.4) is 0 Å². The van der Waals surface area contributed by atoms with E-state index in [0.29, 0.717) is 37.3 Å². The van der Waals surface area contributed by atoms with Gasteiger partial charge in [-0.15, -0.1) is 0 Å². The highest BCUT2D eigenvalue weighted by Gasteiger charge is 2.27. The first-order valence-corrected chi connectivity index (χ1v) is 8.26. The van der Waals surface area contributed by atoms with Crippen LogP contribution in [0.4, 0.5) is 0 Å². The van der Waals surface area contributed by atoms with E-state index in [0.717, 1.165) is 19.3 Å². The molecule has 0 aromatic heterocycles. The van der Waals surface area contributed by atoms with E-state index >= 15 is 0 Å². The van der Waals surface area contributed by atoms with Crippen molar-refractivity contribution < 1.29 is 14.6 Å². The normalized spacial score (nSPS) is 36.1. The van der Waals surface area contributed by atoms with Crippen LogP contribution in [0.15, 0.2) is 0 Å². The van der Waals surface area contributed by atoms with Crippen LogP contribution in [0.5, 0.6) is 0 Å². The first-order chi connectivity index (χ1) is 9.70. The van der Waals surface area contributed by atoms with E-state index in [1.54, 1.807) is 7.11 Å². The second-order valence-corrected chi connectivity index (χ2v) is 6.51. The molecule has 5 atom stereocenters. The molecule has 20 heavy (non-hydrogen) atoms. The number of hydrogen-bond donors (Lipinski definition) is 2. The Labute approximate surface area is 123 Å². The summed E-state index contributed by atoms with van der Waals surface area (Å²) in [6.45, 7) is 3.31. The number of rotatable bonds is 7. The highest BCUT2D eigenvalue weighted by Crippen LogP contribution is 2.26. The lowest BCUT2D eigenvalue weighted by molar-refractivity contribution is -0.0465. The molecular weight excluding hydrogens is 254 g/mol. The standard InChI is InChI=1S/C16H31NO3/c1-12-6-3-4-8-15(12)20-11-13(18)10-17-14-7-5-9-16(14)19-2/h12-18H,3-11H2,1-2H3. The molecule has 2 fully saturated rings. The summed E-state index contributed by atoms with van der Waals surface area (Å²) in [6, 6.07) is 0.392. The summed E-state index contributed by atoms with van der Waals surface area (Å²) in [5.41, 5.74) is 0. The van der Waals surface area contributed by atoms with Crippen molar-refractivity contribution in [3.05, 3.63) is 0 Å². The molecule has 2 rings (SSSR count). The molecule has 4 nitrogen and oxygen atoms in total. The second kappa shape index (κ2) is 8.32. The van der Waals surface area contributed by atoms with Gasteiger partial charge in [-0.1, -0.05) is 19.8 Å². The Kier molecular flexibility index (Phi) is 6.75. The zero-order valence-electron chi connectivity index (χ0n) is 13.0. The Morgan fingerprint density at radius 2 is 1.85 bits per heavy atom. The van der Waals surface area contributed by atoms with Gasteiger partial charge in [0.25, 0.3) is 0 Å². The summed E-state index contributed by atoms with van der Waals surface area (Å²) in [4.78, 5) is 0. The minimum absolute atomic E-state index is 0.307. The molecule has 2 N–H and O–H groups in total. The maximum atomic E-state index is 10.1. The Bertz CT molecular complexity index is 268. The number of aliphatic hydroxyl groups excluding tert-OH is 1. The van der Waals surface area contributed by atoms with E-state index in [1.165, 1.54) is 25.7 Å².